The summed E-state index contributed by atoms with van der Waals surface area (Å²) in [5.41, 5.74) is 5.24. The normalized spacial score (nSPS) is 11.7. The average molecular weight is 292 g/mol. The van der Waals surface area contributed by atoms with Crippen molar-refractivity contribution < 1.29 is 24.2 Å². The highest BCUT2D eigenvalue weighted by Gasteiger charge is 2.14. The maximum atomic E-state index is 11.7. The number of aliphatic carboxylic acids is 1. The van der Waals surface area contributed by atoms with Gasteiger partial charge in [0.15, 0.2) is 6.10 Å². The van der Waals surface area contributed by atoms with Crippen LogP contribution in [0.25, 0.3) is 0 Å². The van der Waals surface area contributed by atoms with Crippen LogP contribution in [0.4, 0.5) is 0 Å². The van der Waals surface area contributed by atoms with Crippen molar-refractivity contribution in [2.24, 2.45) is 0 Å². The fraction of sp³-hybridized carbons (Fsp3) is 0.214. The number of carbonyl (C=O) groups is 3. The van der Waals surface area contributed by atoms with E-state index < -0.39 is 23.9 Å². The van der Waals surface area contributed by atoms with Gasteiger partial charge in [0.2, 0.25) is 0 Å². The maximum absolute atomic E-state index is 11.7. The van der Waals surface area contributed by atoms with E-state index in [2.05, 4.69) is 5.43 Å². The third-order valence-electron chi connectivity index (χ3n) is 2.39. The van der Waals surface area contributed by atoms with E-state index in [9.17, 15) is 14.4 Å². The van der Waals surface area contributed by atoms with Gasteiger partial charge in [0.25, 0.3) is 11.8 Å². The summed E-state index contributed by atoms with van der Waals surface area (Å²) in [4.78, 5) is 33.0. The Hall–Kier alpha value is -2.83. The van der Waals surface area contributed by atoms with E-state index in [-0.39, 0.29) is 0 Å². The number of amides is 2. The van der Waals surface area contributed by atoms with Crippen LogP contribution in [0, 0.1) is 6.92 Å². The summed E-state index contributed by atoms with van der Waals surface area (Å²) in [6.07, 6.45) is 0.624. The van der Waals surface area contributed by atoms with Gasteiger partial charge in [-0.05, 0) is 26.0 Å². The molecule has 0 heterocycles. The Balaban J connectivity index is 2.42. The largest absolute Gasteiger partial charge is 0.481 e. The lowest BCUT2D eigenvalue weighted by Gasteiger charge is -2.14. The highest BCUT2D eigenvalue weighted by molar-refractivity contribution is 5.95. The third-order valence-corrected chi connectivity index (χ3v) is 2.39. The van der Waals surface area contributed by atoms with E-state index >= 15 is 0 Å². The second-order valence-electron chi connectivity index (χ2n) is 4.22. The quantitative estimate of drug-likeness (QED) is 0.543. The third kappa shape index (κ3) is 6.24. The van der Waals surface area contributed by atoms with Gasteiger partial charge in [-0.15, -0.1) is 0 Å². The molecule has 1 aromatic rings. The monoisotopic (exact) mass is 292 g/mol. The Bertz CT molecular complexity index is 551. The first kappa shape index (κ1) is 16.2. The van der Waals surface area contributed by atoms with Gasteiger partial charge >= 0.3 is 5.97 Å². The minimum absolute atomic E-state index is 0.528. The Labute approximate surface area is 121 Å². The number of ether oxygens (including phenoxy) is 1. The van der Waals surface area contributed by atoms with Gasteiger partial charge in [-0.25, -0.2) is 4.79 Å². The van der Waals surface area contributed by atoms with Crippen molar-refractivity contribution >= 4 is 17.8 Å². The molecule has 0 aromatic heterocycles. The fourth-order valence-corrected chi connectivity index (χ4v) is 1.29. The molecular formula is C14H16N2O5. The molecule has 0 fully saturated rings. The number of rotatable bonds is 5. The van der Waals surface area contributed by atoms with Crippen molar-refractivity contribution in [2.45, 2.75) is 20.0 Å². The molecule has 0 saturated heterocycles. The summed E-state index contributed by atoms with van der Waals surface area (Å²) in [5, 5.41) is 8.34. The van der Waals surface area contributed by atoms with Crippen LogP contribution in [0.2, 0.25) is 0 Å². The molecule has 0 aliphatic heterocycles. The smallest absolute Gasteiger partial charge is 0.328 e. The molecule has 2 amide bonds. The summed E-state index contributed by atoms with van der Waals surface area (Å²) in [5.74, 6) is -2.05. The minimum Gasteiger partial charge on any atom is -0.481 e. The second kappa shape index (κ2) is 7.68. The number of hydrogen-bond acceptors (Lipinski definition) is 4. The van der Waals surface area contributed by atoms with E-state index in [1.54, 1.807) is 12.1 Å². The Morgan fingerprint density at radius 2 is 1.76 bits per heavy atom. The molecule has 0 saturated carbocycles. The molecule has 21 heavy (non-hydrogen) atoms. The van der Waals surface area contributed by atoms with E-state index in [1.165, 1.54) is 6.92 Å². The van der Waals surface area contributed by atoms with E-state index in [1.807, 2.05) is 24.5 Å². The molecule has 7 heteroatoms. The number of nitrogens with one attached hydrogen (secondary N) is 2. The summed E-state index contributed by atoms with van der Waals surface area (Å²) in [7, 11) is 0. The lowest BCUT2D eigenvalue weighted by atomic mass is 10.2. The van der Waals surface area contributed by atoms with Crippen LogP contribution in [-0.4, -0.2) is 29.0 Å². The molecule has 0 aliphatic carbocycles. The number of hydrazine groups is 1. The van der Waals surface area contributed by atoms with Crippen LogP contribution in [0.3, 0.4) is 0 Å². The van der Waals surface area contributed by atoms with Gasteiger partial charge < -0.3 is 9.84 Å². The number of carboxylic acids is 1. The molecule has 1 aromatic carbocycles. The van der Waals surface area contributed by atoms with Crippen LogP contribution in [0.5, 0.6) is 5.75 Å². The molecule has 0 unspecified atom stereocenters. The topological polar surface area (TPSA) is 105 Å². The molecule has 112 valence electrons. The second-order valence-corrected chi connectivity index (χ2v) is 4.22. The predicted molar refractivity (Wildman–Crippen MR) is 74.3 cm³/mol. The van der Waals surface area contributed by atoms with Gasteiger partial charge in [0.05, 0.1) is 0 Å². The first-order chi connectivity index (χ1) is 9.88. The lowest BCUT2D eigenvalue weighted by Crippen LogP contribution is -2.46. The van der Waals surface area contributed by atoms with Gasteiger partial charge in [-0.2, -0.15) is 0 Å². The van der Waals surface area contributed by atoms with Crippen LogP contribution in [-0.2, 0) is 14.4 Å². The first-order valence-corrected chi connectivity index (χ1v) is 6.12. The van der Waals surface area contributed by atoms with E-state index in [4.69, 9.17) is 9.84 Å². The van der Waals surface area contributed by atoms with Crippen LogP contribution in [0.15, 0.2) is 36.4 Å². The first-order valence-electron chi connectivity index (χ1n) is 6.12. The fourth-order valence-electron chi connectivity index (χ4n) is 1.29. The Kier molecular flexibility index (Phi) is 5.94. The highest BCUT2D eigenvalue weighted by Crippen LogP contribution is 2.13. The number of benzene rings is 1. The maximum Gasteiger partial charge on any atom is 0.328 e. The van der Waals surface area contributed by atoms with Crippen molar-refractivity contribution in [1.29, 1.82) is 0 Å². The van der Waals surface area contributed by atoms with Crippen LogP contribution in [0.1, 0.15) is 12.5 Å². The van der Waals surface area contributed by atoms with Crippen LogP contribution < -0.4 is 15.6 Å². The summed E-state index contributed by atoms with van der Waals surface area (Å²) >= 11 is 0. The molecule has 0 bridgehead atoms. The average Bonchev–Trinajstić information content (AvgIpc) is 2.44. The molecule has 7 nitrogen and oxygen atoms in total. The molecule has 1 atom stereocenters. The zero-order chi connectivity index (χ0) is 15.8. The van der Waals surface area contributed by atoms with Gasteiger partial charge in [0.1, 0.15) is 5.75 Å². The lowest BCUT2D eigenvalue weighted by molar-refractivity contribution is -0.132. The zero-order valence-corrected chi connectivity index (χ0v) is 11.6. The number of carbonyl (C=O) groups excluding carboxylic acids is 2. The van der Waals surface area contributed by atoms with E-state index in [0.717, 1.165) is 11.6 Å². The number of aryl methyl sites for hydroxylation is 1. The van der Waals surface area contributed by atoms with Crippen molar-refractivity contribution in [3.05, 3.63) is 42.0 Å². The standard InChI is InChI=1S/C14H16N2O5/c1-9-3-5-11(6-4-9)21-10(2)14(20)16-15-12(17)7-8-13(18)19/h3-8,10H,1-2H3,(H,15,17)(H,16,20)(H,18,19)/b8-7+/t10-/m1/s1. The van der Waals surface area contributed by atoms with E-state index in [0.29, 0.717) is 11.8 Å². The number of carboxylic acid groups (broad SMARTS) is 1. The summed E-state index contributed by atoms with van der Waals surface area (Å²) in [6, 6.07) is 7.15. The SMILES string of the molecule is Cc1ccc(O[C@H](C)C(=O)NNC(=O)/C=C/C(=O)O)cc1. The Morgan fingerprint density at radius 3 is 2.33 bits per heavy atom. The molecule has 1 rings (SSSR count). The molecule has 3 N–H and O–H groups in total. The molecular weight excluding hydrogens is 276 g/mol. The summed E-state index contributed by atoms with van der Waals surface area (Å²) < 4.78 is 5.39. The molecule has 0 aliphatic rings. The highest BCUT2D eigenvalue weighted by atomic mass is 16.5. The van der Waals surface area contributed by atoms with Crippen molar-refractivity contribution in [2.75, 3.05) is 0 Å². The van der Waals surface area contributed by atoms with Gasteiger partial charge in [-0.3, -0.25) is 20.4 Å². The van der Waals surface area contributed by atoms with Crippen molar-refractivity contribution in [3.63, 3.8) is 0 Å². The Morgan fingerprint density at radius 1 is 1.14 bits per heavy atom. The number of hydrogen-bond donors (Lipinski definition) is 3. The minimum atomic E-state index is -1.26. The predicted octanol–water partition coefficient (Wildman–Crippen LogP) is 0.551. The van der Waals surface area contributed by atoms with Gasteiger partial charge in [-0.1, -0.05) is 17.7 Å². The van der Waals surface area contributed by atoms with Gasteiger partial charge in [0, 0.05) is 12.2 Å². The summed E-state index contributed by atoms with van der Waals surface area (Å²) in [6.45, 7) is 3.45. The van der Waals surface area contributed by atoms with Crippen LogP contribution >= 0.6 is 0 Å². The zero-order valence-electron chi connectivity index (χ0n) is 11.6. The van der Waals surface area contributed by atoms with Crippen molar-refractivity contribution in [3.8, 4) is 5.75 Å². The molecule has 0 spiro atoms. The van der Waals surface area contributed by atoms with Crippen molar-refractivity contribution in [1.82, 2.24) is 10.9 Å². The molecule has 0 radical (unpaired) electrons.